The molecule has 2 rings (SSSR count). The van der Waals surface area contributed by atoms with Gasteiger partial charge >= 0.3 is 5.97 Å². The van der Waals surface area contributed by atoms with E-state index in [0.29, 0.717) is 18.4 Å². The van der Waals surface area contributed by atoms with Crippen molar-refractivity contribution in [1.82, 2.24) is 5.32 Å². The number of carbonyl (C=O) groups excluding carboxylic acids is 1. The largest absolute Gasteiger partial charge is 0.480 e. The zero-order valence-electron chi connectivity index (χ0n) is 9.69. The lowest BCUT2D eigenvalue weighted by Gasteiger charge is -2.09. The summed E-state index contributed by atoms with van der Waals surface area (Å²) in [5.74, 6) is -1.25. The topological polar surface area (TPSA) is 66.4 Å². The Balaban J connectivity index is 2.34. The van der Waals surface area contributed by atoms with Crippen molar-refractivity contribution in [3.8, 4) is 0 Å². The van der Waals surface area contributed by atoms with Crippen LogP contribution in [0.2, 0.25) is 0 Å². The number of nitrogens with one attached hydrogen (secondary N) is 1. The molecule has 1 atom stereocenters. The lowest BCUT2D eigenvalue weighted by atomic mass is 9.99. The second-order valence-electron chi connectivity index (χ2n) is 4.25. The van der Waals surface area contributed by atoms with Crippen LogP contribution in [0.3, 0.4) is 0 Å². The molecule has 0 saturated carbocycles. The van der Waals surface area contributed by atoms with Crippen LogP contribution in [0, 0.1) is 0 Å². The highest BCUT2D eigenvalue weighted by Gasteiger charge is 2.25. The summed E-state index contributed by atoms with van der Waals surface area (Å²) >= 11 is 0. The second-order valence-corrected chi connectivity index (χ2v) is 4.25. The van der Waals surface area contributed by atoms with Gasteiger partial charge in [0.25, 0.3) is 5.91 Å². The molecule has 1 aliphatic rings. The molecule has 1 aliphatic heterocycles. The van der Waals surface area contributed by atoms with Crippen LogP contribution in [-0.2, 0) is 17.6 Å². The van der Waals surface area contributed by atoms with Crippen molar-refractivity contribution in [1.29, 1.82) is 0 Å². The van der Waals surface area contributed by atoms with Gasteiger partial charge in [0.2, 0.25) is 0 Å². The molecule has 1 amide bonds. The number of carbonyl (C=O) groups is 2. The summed E-state index contributed by atoms with van der Waals surface area (Å²) in [6.45, 7) is 2.02. The van der Waals surface area contributed by atoms with E-state index in [1.807, 2.05) is 25.1 Å². The maximum absolute atomic E-state index is 11.9. The maximum atomic E-state index is 11.9. The lowest BCUT2D eigenvalue weighted by molar-refractivity contribution is -0.139. The number of aryl methyl sites for hydroxylation is 2. The maximum Gasteiger partial charge on any atom is 0.326 e. The first-order valence-corrected chi connectivity index (χ1v) is 5.77. The van der Waals surface area contributed by atoms with E-state index in [1.165, 1.54) is 0 Å². The van der Waals surface area contributed by atoms with Crippen LogP contribution in [0.15, 0.2) is 18.2 Å². The highest BCUT2D eigenvalue weighted by molar-refractivity contribution is 5.98. The van der Waals surface area contributed by atoms with Gasteiger partial charge in [0.15, 0.2) is 0 Å². The van der Waals surface area contributed by atoms with Crippen LogP contribution >= 0.6 is 0 Å². The van der Waals surface area contributed by atoms with Crippen LogP contribution in [-0.4, -0.2) is 23.0 Å². The number of hydrogen-bond acceptors (Lipinski definition) is 2. The van der Waals surface area contributed by atoms with Crippen molar-refractivity contribution in [3.05, 3.63) is 34.9 Å². The van der Waals surface area contributed by atoms with Crippen molar-refractivity contribution in [2.75, 3.05) is 0 Å². The summed E-state index contributed by atoms with van der Waals surface area (Å²) < 4.78 is 0. The minimum Gasteiger partial charge on any atom is -0.480 e. The predicted molar refractivity (Wildman–Crippen MR) is 63.0 cm³/mol. The Labute approximate surface area is 99.6 Å². The molecule has 0 fully saturated rings. The van der Waals surface area contributed by atoms with Crippen molar-refractivity contribution in [3.63, 3.8) is 0 Å². The van der Waals surface area contributed by atoms with E-state index in [1.54, 1.807) is 0 Å². The van der Waals surface area contributed by atoms with Crippen LogP contribution in [0.1, 0.15) is 34.8 Å². The third-order valence-electron chi connectivity index (χ3n) is 3.13. The molecule has 17 heavy (non-hydrogen) atoms. The van der Waals surface area contributed by atoms with E-state index < -0.39 is 12.0 Å². The molecule has 0 aromatic heterocycles. The molecule has 1 aromatic carbocycles. The average molecular weight is 233 g/mol. The molecule has 1 aromatic rings. The van der Waals surface area contributed by atoms with Gasteiger partial charge in [-0.1, -0.05) is 19.1 Å². The Morgan fingerprint density at radius 3 is 2.94 bits per heavy atom. The molecule has 1 unspecified atom stereocenters. The molecule has 4 heteroatoms. The van der Waals surface area contributed by atoms with Gasteiger partial charge in [-0.15, -0.1) is 0 Å². The van der Waals surface area contributed by atoms with E-state index in [4.69, 9.17) is 5.11 Å². The normalized spacial score (nSPS) is 19.1. The molecule has 90 valence electrons. The summed E-state index contributed by atoms with van der Waals surface area (Å²) in [6, 6.07) is 5.00. The Kier molecular flexibility index (Phi) is 3.13. The summed E-state index contributed by atoms with van der Waals surface area (Å²) in [5, 5.41) is 11.5. The number of benzene rings is 1. The van der Waals surface area contributed by atoms with Gasteiger partial charge in [0.1, 0.15) is 6.04 Å². The number of aliphatic carboxylic acids is 1. The van der Waals surface area contributed by atoms with E-state index >= 15 is 0 Å². The number of amides is 1. The molecule has 0 spiro atoms. The monoisotopic (exact) mass is 233 g/mol. The Morgan fingerprint density at radius 2 is 2.29 bits per heavy atom. The SMILES string of the molecule is CCc1ccc2c(c1)C(=O)NC(C(=O)O)CC2. The number of hydrogen-bond donors (Lipinski definition) is 2. The van der Waals surface area contributed by atoms with Crippen LogP contribution < -0.4 is 5.32 Å². The zero-order valence-corrected chi connectivity index (χ0v) is 9.69. The standard InChI is InChI=1S/C13H15NO3/c1-2-8-3-4-9-5-6-11(13(16)17)14-12(15)10(9)7-8/h3-4,7,11H,2,5-6H2,1H3,(H,14,15)(H,16,17). The highest BCUT2D eigenvalue weighted by Crippen LogP contribution is 2.19. The highest BCUT2D eigenvalue weighted by atomic mass is 16.4. The fourth-order valence-electron chi connectivity index (χ4n) is 2.07. The quantitative estimate of drug-likeness (QED) is 0.811. The molecule has 2 N–H and O–H groups in total. The van der Waals surface area contributed by atoms with Gasteiger partial charge in [-0.25, -0.2) is 4.79 Å². The summed E-state index contributed by atoms with van der Waals surface area (Å²) in [6.07, 6.45) is 1.93. The van der Waals surface area contributed by atoms with Crippen molar-refractivity contribution in [2.45, 2.75) is 32.2 Å². The third kappa shape index (κ3) is 2.30. The minimum atomic E-state index is -0.970. The molecule has 0 bridgehead atoms. The summed E-state index contributed by atoms with van der Waals surface area (Å²) in [7, 11) is 0. The summed E-state index contributed by atoms with van der Waals surface area (Å²) in [4.78, 5) is 22.8. The third-order valence-corrected chi connectivity index (χ3v) is 3.13. The first-order chi connectivity index (χ1) is 8.11. The van der Waals surface area contributed by atoms with Gasteiger partial charge in [-0.2, -0.15) is 0 Å². The smallest absolute Gasteiger partial charge is 0.326 e. The predicted octanol–water partition coefficient (Wildman–Crippen LogP) is 1.38. The fourth-order valence-corrected chi connectivity index (χ4v) is 2.07. The number of rotatable bonds is 2. The Morgan fingerprint density at radius 1 is 1.53 bits per heavy atom. The van der Waals surface area contributed by atoms with E-state index in [2.05, 4.69) is 5.32 Å². The number of fused-ring (bicyclic) bond motifs is 1. The minimum absolute atomic E-state index is 0.278. The molecule has 0 saturated heterocycles. The van der Waals surface area contributed by atoms with Crippen LogP contribution in [0.5, 0.6) is 0 Å². The summed E-state index contributed by atoms with van der Waals surface area (Å²) in [5.41, 5.74) is 2.64. The van der Waals surface area contributed by atoms with Crippen LogP contribution in [0.4, 0.5) is 0 Å². The molecule has 0 aliphatic carbocycles. The molecule has 0 radical (unpaired) electrons. The van der Waals surface area contributed by atoms with Crippen molar-refractivity contribution >= 4 is 11.9 Å². The number of carboxylic acids is 1. The van der Waals surface area contributed by atoms with Gasteiger partial charge in [0.05, 0.1) is 0 Å². The first kappa shape index (κ1) is 11.6. The Hall–Kier alpha value is -1.84. The van der Waals surface area contributed by atoms with Crippen molar-refractivity contribution < 1.29 is 14.7 Å². The zero-order chi connectivity index (χ0) is 12.4. The first-order valence-electron chi connectivity index (χ1n) is 5.77. The van der Waals surface area contributed by atoms with Gasteiger partial charge < -0.3 is 10.4 Å². The molecular formula is C13H15NO3. The van der Waals surface area contributed by atoms with Gasteiger partial charge in [0, 0.05) is 5.56 Å². The van der Waals surface area contributed by atoms with E-state index in [0.717, 1.165) is 17.5 Å². The molecule has 1 heterocycles. The van der Waals surface area contributed by atoms with E-state index in [9.17, 15) is 9.59 Å². The van der Waals surface area contributed by atoms with Gasteiger partial charge in [-0.3, -0.25) is 4.79 Å². The molecule has 4 nitrogen and oxygen atoms in total. The fraction of sp³-hybridized carbons (Fsp3) is 0.385. The second kappa shape index (κ2) is 4.57. The molecular weight excluding hydrogens is 218 g/mol. The van der Waals surface area contributed by atoms with Gasteiger partial charge in [-0.05, 0) is 36.5 Å². The average Bonchev–Trinajstić information content (AvgIpc) is 2.49. The van der Waals surface area contributed by atoms with Crippen molar-refractivity contribution in [2.24, 2.45) is 0 Å². The van der Waals surface area contributed by atoms with E-state index in [-0.39, 0.29) is 5.91 Å². The Bertz CT molecular complexity index is 468. The number of carboxylic acid groups (broad SMARTS) is 1. The van der Waals surface area contributed by atoms with Crippen LogP contribution in [0.25, 0.3) is 0 Å². The lowest BCUT2D eigenvalue weighted by Crippen LogP contribution is -2.39.